The lowest BCUT2D eigenvalue weighted by molar-refractivity contribution is -0.142. The Balaban J connectivity index is 2.24. The van der Waals surface area contributed by atoms with Gasteiger partial charge in [-0.05, 0) is 55.1 Å². The predicted molar refractivity (Wildman–Crippen MR) is 94.9 cm³/mol. The average Bonchev–Trinajstić information content (AvgIpc) is 2.94. The summed E-state index contributed by atoms with van der Waals surface area (Å²) < 4.78 is 10.3. The summed E-state index contributed by atoms with van der Waals surface area (Å²) >= 11 is 0. The van der Waals surface area contributed by atoms with Gasteiger partial charge < -0.3 is 9.26 Å². The molecule has 0 bridgehead atoms. The zero-order valence-electron chi connectivity index (χ0n) is 16.0. The highest BCUT2D eigenvalue weighted by molar-refractivity contribution is 5.66. The van der Waals surface area contributed by atoms with E-state index in [9.17, 15) is 4.79 Å². The molecule has 0 radical (unpaired) electrons. The summed E-state index contributed by atoms with van der Waals surface area (Å²) in [5.41, 5.74) is 5.92. The van der Waals surface area contributed by atoms with Gasteiger partial charge in [0.25, 0.3) is 0 Å². The van der Waals surface area contributed by atoms with E-state index in [1.165, 1.54) is 23.6 Å². The third-order valence-corrected chi connectivity index (χ3v) is 4.47. The minimum atomic E-state index is -0.261. The Morgan fingerprint density at radius 3 is 2.40 bits per heavy atom. The minimum absolute atomic E-state index is 0.261. The van der Waals surface area contributed by atoms with Crippen LogP contribution in [0.1, 0.15) is 53.4 Å². The van der Waals surface area contributed by atoms with Gasteiger partial charge in [0.15, 0.2) is 5.82 Å². The van der Waals surface area contributed by atoms with Crippen LogP contribution < -0.4 is 0 Å². The van der Waals surface area contributed by atoms with Gasteiger partial charge in [-0.2, -0.15) is 4.98 Å². The van der Waals surface area contributed by atoms with Gasteiger partial charge in [0, 0.05) is 20.4 Å². The van der Waals surface area contributed by atoms with E-state index in [2.05, 4.69) is 48.8 Å². The van der Waals surface area contributed by atoms with E-state index in [1.807, 2.05) is 0 Å². The minimum Gasteiger partial charge on any atom is -0.461 e. The van der Waals surface area contributed by atoms with E-state index in [4.69, 9.17) is 9.26 Å². The number of ether oxygens (including phenoxy) is 1. The molecule has 0 aliphatic rings. The molecule has 6 heteroatoms. The molecular formula is C19H27N3O3. The molecule has 0 atom stereocenters. The van der Waals surface area contributed by atoms with Crippen LogP contribution >= 0.6 is 0 Å². The number of esters is 1. The molecule has 25 heavy (non-hydrogen) atoms. The monoisotopic (exact) mass is 345 g/mol. The Hall–Kier alpha value is -2.21. The standard InChI is InChI=1S/C19H27N3O3/c1-7-22(10-19-20-15(5)25-21-19)9-17-12(2)8-13(3)18(14(17)4)11-24-16(6)23/h8H,7,9-11H2,1-6H3. The van der Waals surface area contributed by atoms with E-state index in [0.717, 1.165) is 24.2 Å². The van der Waals surface area contributed by atoms with Crippen molar-refractivity contribution in [1.29, 1.82) is 0 Å². The average molecular weight is 345 g/mol. The summed E-state index contributed by atoms with van der Waals surface area (Å²) in [5, 5.41) is 3.99. The number of benzene rings is 1. The molecule has 136 valence electrons. The van der Waals surface area contributed by atoms with E-state index in [0.29, 0.717) is 24.9 Å². The number of hydrogen-bond acceptors (Lipinski definition) is 6. The summed E-state index contributed by atoms with van der Waals surface area (Å²) in [4.78, 5) is 17.7. The van der Waals surface area contributed by atoms with Crippen molar-refractivity contribution in [1.82, 2.24) is 15.0 Å². The second-order valence-corrected chi connectivity index (χ2v) is 6.41. The number of hydrogen-bond donors (Lipinski definition) is 0. The molecule has 0 N–H and O–H groups in total. The second-order valence-electron chi connectivity index (χ2n) is 6.41. The number of nitrogens with zero attached hydrogens (tertiary/aromatic N) is 3. The molecule has 1 aromatic heterocycles. The molecule has 0 fully saturated rings. The maximum atomic E-state index is 11.2. The Labute approximate surface area is 149 Å². The van der Waals surface area contributed by atoms with Gasteiger partial charge in [-0.3, -0.25) is 9.69 Å². The molecule has 0 saturated heterocycles. The van der Waals surface area contributed by atoms with Crippen LogP contribution in [-0.4, -0.2) is 27.6 Å². The lowest BCUT2D eigenvalue weighted by Gasteiger charge is -2.23. The Morgan fingerprint density at radius 2 is 1.84 bits per heavy atom. The van der Waals surface area contributed by atoms with Crippen molar-refractivity contribution < 1.29 is 14.1 Å². The van der Waals surface area contributed by atoms with Crippen molar-refractivity contribution in [2.45, 2.75) is 61.2 Å². The first-order valence-electron chi connectivity index (χ1n) is 8.55. The first kappa shape index (κ1) is 19.1. The van der Waals surface area contributed by atoms with Gasteiger partial charge >= 0.3 is 5.97 Å². The molecule has 0 spiro atoms. The van der Waals surface area contributed by atoms with Crippen molar-refractivity contribution in [3.63, 3.8) is 0 Å². The number of carbonyl (C=O) groups is 1. The molecule has 0 unspecified atom stereocenters. The highest BCUT2D eigenvalue weighted by Gasteiger charge is 2.16. The van der Waals surface area contributed by atoms with Gasteiger partial charge in [0.05, 0.1) is 6.54 Å². The third-order valence-electron chi connectivity index (χ3n) is 4.47. The molecule has 2 aromatic rings. The molecule has 0 saturated carbocycles. The number of rotatable bonds is 7. The molecule has 6 nitrogen and oxygen atoms in total. The van der Waals surface area contributed by atoms with Crippen molar-refractivity contribution >= 4 is 5.97 Å². The van der Waals surface area contributed by atoms with Crippen molar-refractivity contribution in [3.05, 3.63) is 45.6 Å². The van der Waals surface area contributed by atoms with E-state index < -0.39 is 0 Å². The Bertz CT molecular complexity index is 753. The highest BCUT2D eigenvalue weighted by Crippen LogP contribution is 2.25. The summed E-state index contributed by atoms with van der Waals surface area (Å²) in [6, 6.07) is 2.16. The second kappa shape index (κ2) is 8.25. The van der Waals surface area contributed by atoms with Crippen LogP contribution in [0.5, 0.6) is 0 Å². The van der Waals surface area contributed by atoms with Crippen molar-refractivity contribution in [2.24, 2.45) is 0 Å². The zero-order valence-corrected chi connectivity index (χ0v) is 16.0. The van der Waals surface area contributed by atoms with Crippen LogP contribution in [-0.2, 0) is 29.2 Å². The van der Waals surface area contributed by atoms with Crippen molar-refractivity contribution in [2.75, 3.05) is 6.54 Å². The summed E-state index contributed by atoms with van der Waals surface area (Å²) in [5.74, 6) is 1.02. The normalized spacial score (nSPS) is 11.2. The van der Waals surface area contributed by atoms with Gasteiger partial charge in [-0.15, -0.1) is 0 Å². The number of carbonyl (C=O) groups excluding carboxylic acids is 1. The highest BCUT2D eigenvalue weighted by atomic mass is 16.5. The molecule has 0 aliphatic carbocycles. The molecule has 0 aliphatic heterocycles. The maximum Gasteiger partial charge on any atom is 0.302 e. The zero-order chi connectivity index (χ0) is 18.6. The Morgan fingerprint density at radius 1 is 1.16 bits per heavy atom. The fraction of sp³-hybridized carbons (Fsp3) is 0.526. The predicted octanol–water partition coefficient (Wildman–Crippen LogP) is 3.39. The lowest BCUT2D eigenvalue weighted by Crippen LogP contribution is -2.24. The van der Waals surface area contributed by atoms with Crippen LogP contribution in [0.15, 0.2) is 10.6 Å². The van der Waals surface area contributed by atoms with Gasteiger partial charge in [-0.25, -0.2) is 0 Å². The quantitative estimate of drug-likeness (QED) is 0.717. The lowest BCUT2D eigenvalue weighted by atomic mass is 9.93. The Kier molecular flexibility index (Phi) is 6.31. The number of aromatic nitrogens is 2. The van der Waals surface area contributed by atoms with E-state index >= 15 is 0 Å². The molecular weight excluding hydrogens is 318 g/mol. The third kappa shape index (κ3) is 4.89. The fourth-order valence-corrected chi connectivity index (χ4v) is 3.02. The smallest absolute Gasteiger partial charge is 0.302 e. The van der Waals surface area contributed by atoms with E-state index in [1.54, 1.807) is 6.92 Å². The summed E-state index contributed by atoms with van der Waals surface area (Å²) in [6.07, 6.45) is 0. The first-order chi connectivity index (χ1) is 11.8. The fourth-order valence-electron chi connectivity index (χ4n) is 3.02. The molecule has 0 amide bonds. The summed E-state index contributed by atoms with van der Waals surface area (Å²) in [6.45, 7) is 14.2. The van der Waals surface area contributed by atoms with Crippen molar-refractivity contribution in [3.8, 4) is 0 Å². The largest absolute Gasteiger partial charge is 0.461 e. The number of aryl methyl sites for hydroxylation is 3. The topological polar surface area (TPSA) is 68.5 Å². The van der Waals surface area contributed by atoms with Crippen LogP contribution in [0.25, 0.3) is 0 Å². The first-order valence-corrected chi connectivity index (χ1v) is 8.55. The van der Waals surface area contributed by atoms with Gasteiger partial charge in [0.2, 0.25) is 5.89 Å². The van der Waals surface area contributed by atoms with Crippen LogP contribution in [0.3, 0.4) is 0 Å². The molecule has 1 aromatic carbocycles. The van der Waals surface area contributed by atoms with Crippen LogP contribution in [0, 0.1) is 27.7 Å². The summed E-state index contributed by atoms with van der Waals surface area (Å²) in [7, 11) is 0. The maximum absolute atomic E-state index is 11.2. The molecule has 1 heterocycles. The van der Waals surface area contributed by atoms with Crippen LogP contribution in [0.2, 0.25) is 0 Å². The molecule has 2 rings (SSSR count). The van der Waals surface area contributed by atoms with E-state index in [-0.39, 0.29) is 5.97 Å². The van der Waals surface area contributed by atoms with Gasteiger partial charge in [-0.1, -0.05) is 18.1 Å². The van der Waals surface area contributed by atoms with Gasteiger partial charge in [0.1, 0.15) is 6.61 Å². The SMILES string of the molecule is CCN(Cc1noc(C)n1)Cc1c(C)cc(C)c(COC(C)=O)c1C. The van der Waals surface area contributed by atoms with Crippen LogP contribution in [0.4, 0.5) is 0 Å².